The summed E-state index contributed by atoms with van der Waals surface area (Å²) >= 11 is 0. The minimum atomic E-state index is -4.06. The lowest BCUT2D eigenvalue weighted by molar-refractivity contribution is -0.124. The number of nitrogens with zero attached hydrogens (tertiary/aromatic N) is 1. The van der Waals surface area contributed by atoms with Crippen LogP contribution in [0.2, 0.25) is 0 Å². The quantitative estimate of drug-likeness (QED) is 0.785. The van der Waals surface area contributed by atoms with Crippen molar-refractivity contribution >= 4 is 21.9 Å². The number of carbonyl (C=O) groups is 2. The van der Waals surface area contributed by atoms with Gasteiger partial charge in [0.2, 0.25) is 16.8 Å². The van der Waals surface area contributed by atoms with Crippen LogP contribution in [0.1, 0.15) is 50.6 Å². The number of hydrogen-bond acceptors (Lipinski definition) is 5. The molecule has 1 atom stereocenters. The van der Waals surface area contributed by atoms with E-state index in [1.807, 2.05) is 0 Å². The predicted molar refractivity (Wildman–Crippen MR) is 89.7 cm³/mol. The highest BCUT2D eigenvalue weighted by atomic mass is 32.2. The normalized spacial score (nSPS) is 19.1. The van der Waals surface area contributed by atoms with Gasteiger partial charge in [0.1, 0.15) is 6.04 Å². The van der Waals surface area contributed by atoms with Crippen LogP contribution >= 0.6 is 0 Å². The van der Waals surface area contributed by atoms with Gasteiger partial charge in [0.15, 0.2) is 0 Å². The smallest absolute Gasteiger partial charge is 0.371 e. The maximum atomic E-state index is 12.7. The maximum absolute atomic E-state index is 12.7. The summed E-state index contributed by atoms with van der Waals surface area (Å²) in [6, 6.07) is 1.39. The number of rotatable bonds is 6. The first-order valence-corrected chi connectivity index (χ1v) is 9.59. The number of nitrogens with one attached hydrogen (secondary N) is 1. The second-order valence-electron chi connectivity index (χ2n) is 7.30. The molecule has 25 heavy (non-hydrogen) atoms. The third kappa shape index (κ3) is 4.60. The van der Waals surface area contributed by atoms with E-state index in [0.717, 1.165) is 22.9 Å². The van der Waals surface area contributed by atoms with E-state index in [-0.39, 0.29) is 17.9 Å². The zero-order valence-electron chi connectivity index (χ0n) is 14.6. The molecule has 1 aliphatic rings. The van der Waals surface area contributed by atoms with E-state index in [0.29, 0.717) is 19.4 Å². The number of carboxylic acids is 1. The largest absolute Gasteiger partial charge is 0.475 e. The highest BCUT2D eigenvalue weighted by molar-refractivity contribution is 7.89. The Labute approximate surface area is 147 Å². The molecule has 0 aromatic carbocycles. The maximum Gasteiger partial charge on any atom is 0.371 e. The summed E-state index contributed by atoms with van der Waals surface area (Å²) in [6.45, 7) is 6.84. The monoisotopic (exact) mass is 372 g/mol. The van der Waals surface area contributed by atoms with E-state index in [2.05, 4.69) is 26.1 Å². The van der Waals surface area contributed by atoms with Crippen molar-refractivity contribution in [2.45, 2.75) is 51.2 Å². The van der Waals surface area contributed by atoms with Crippen LogP contribution in [0.4, 0.5) is 0 Å². The van der Waals surface area contributed by atoms with Crippen molar-refractivity contribution < 1.29 is 27.5 Å². The van der Waals surface area contributed by atoms with Crippen molar-refractivity contribution in [3.63, 3.8) is 0 Å². The van der Waals surface area contributed by atoms with Gasteiger partial charge >= 0.3 is 5.97 Å². The molecular weight excluding hydrogens is 348 g/mol. The SMILES string of the molecule is CC(C)(C)CCNC(=O)C1CCCN1S(=O)(=O)c1ccc(C(=O)O)o1. The topological polar surface area (TPSA) is 117 Å². The molecule has 1 aromatic heterocycles. The van der Waals surface area contributed by atoms with Crippen LogP contribution in [0.15, 0.2) is 21.6 Å². The Morgan fingerprint density at radius 1 is 1.36 bits per heavy atom. The highest BCUT2D eigenvalue weighted by Gasteiger charge is 2.41. The lowest BCUT2D eigenvalue weighted by atomic mass is 9.92. The van der Waals surface area contributed by atoms with Gasteiger partial charge < -0.3 is 14.8 Å². The van der Waals surface area contributed by atoms with Crippen LogP contribution in [-0.4, -0.2) is 48.8 Å². The second-order valence-corrected chi connectivity index (χ2v) is 9.12. The number of carboxylic acid groups (broad SMARTS) is 1. The first-order valence-electron chi connectivity index (χ1n) is 8.15. The first-order chi connectivity index (χ1) is 11.5. The molecule has 0 spiro atoms. The summed E-state index contributed by atoms with van der Waals surface area (Å²) in [6.07, 6.45) is 1.76. The van der Waals surface area contributed by atoms with Gasteiger partial charge in [0.25, 0.3) is 10.0 Å². The first kappa shape index (κ1) is 19.5. The van der Waals surface area contributed by atoms with E-state index in [9.17, 15) is 18.0 Å². The Morgan fingerprint density at radius 2 is 2.04 bits per heavy atom. The van der Waals surface area contributed by atoms with Gasteiger partial charge in [-0.1, -0.05) is 20.8 Å². The van der Waals surface area contributed by atoms with Crippen LogP contribution in [0.5, 0.6) is 0 Å². The van der Waals surface area contributed by atoms with Gasteiger partial charge in [-0.25, -0.2) is 13.2 Å². The average Bonchev–Trinajstić information content (AvgIpc) is 3.15. The van der Waals surface area contributed by atoms with Crippen LogP contribution in [0, 0.1) is 5.41 Å². The lowest BCUT2D eigenvalue weighted by Crippen LogP contribution is -2.46. The van der Waals surface area contributed by atoms with E-state index in [1.54, 1.807) is 0 Å². The van der Waals surface area contributed by atoms with Crippen molar-refractivity contribution in [3.8, 4) is 0 Å². The Hall–Kier alpha value is -1.87. The Bertz CT molecular complexity index is 747. The molecule has 1 amide bonds. The Balaban J connectivity index is 2.11. The molecule has 0 bridgehead atoms. The third-order valence-electron chi connectivity index (χ3n) is 4.04. The average molecular weight is 372 g/mol. The molecular formula is C16H24N2O6S. The molecule has 1 aliphatic heterocycles. The number of sulfonamides is 1. The van der Waals surface area contributed by atoms with Gasteiger partial charge in [-0.3, -0.25) is 4.79 Å². The fourth-order valence-electron chi connectivity index (χ4n) is 2.66. The van der Waals surface area contributed by atoms with E-state index < -0.39 is 32.9 Å². The second kappa shape index (κ2) is 7.17. The fraction of sp³-hybridized carbons (Fsp3) is 0.625. The van der Waals surface area contributed by atoms with Gasteiger partial charge in [0.05, 0.1) is 0 Å². The molecule has 2 heterocycles. The number of hydrogen-bond donors (Lipinski definition) is 2. The molecule has 0 saturated carbocycles. The zero-order valence-corrected chi connectivity index (χ0v) is 15.4. The summed E-state index contributed by atoms with van der Waals surface area (Å²) < 4.78 is 31.4. The van der Waals surface area contributed by atoms with Gasteiger partial charge in [-0.05, 0) is 36.8 Å². The molecule has 1 unspecified atom stereocenters. The lowest BCUT2D eigenvalue weighted by Gasteiger charge is -2.23. The molecule has 1 aromatic rings. The van der Waals surface area contributed by atoms with Crippen LogP contribution in [-0.2, 0) is 14.8 Å². The minimum Gasteiger partial charge on any atom is -0.475 e. The zero-order chi connectivity index (χ0) is 18.8. The van der Waals surface area contributed by atoms with Crippen molar-refractivity contribution in [3.05, 3.63) is 17.9 Å². The van der Waals surface area contributed by atoms with Crippen molar-refractivity contribution in [2.24, 2.45) is 5.41 Å². The minimum absolute atomic E-state index is 0.0656. The van der Waals surface area contributed by atoms with E-state index >= 15 is 0 Å². The van der Waals surface area contributed by atoms with E-state index in [1.165, 1.54) is 0 Å². The molecule has 2 N–H and O–H groups in total. The van der Waals surface area contributed by atoms with Gasteiger partial charge in [-0.2, -0.15) is 4.31 Å². The summed E-state index contributed by atoms with van der Waals surface area (Å²) in [5, 5.41) is 11.2. The van der Waals surface area contributed by atoms with Crippen molar-refractivity contribution in [2.75, 3.05) is 13.1 Å². The number of amides is 1. The molecule has 8 nitrogen and oxygen atoms in total. The highest BCUT2D eigenvalue weighted by Crippen LogP contribution is 2.27. The van der Waals surface area contributed by atoms with Crippen LogP contribution in [0.25, 0.3) is 0 Å². The summed E-state index contributed by atoms with van der Waals surface area (Å²) in [4.78, 5) is 23.3. The molecule has 1 saturated heterocycles. The summed E-state index contributed by atoms with van der Waals surface area (Å²) in [5.74, 6) is -2.14. The number of furan rings is 1. The standard InChI is InChI=1S/C16H24N2O6S/c1-16(2,3)8-9-17-14(19)11-5-4-10-18(11)25(22,23)13-7-6-12(24-13)15(20)21/h6-7,11H,4-5,8-10H2,1-3H3,(H,17,19)(H,20,21). The van der Waals surface area contributed by atoms with Crippen LogP contribution < -0.4 is 5.32 Å². The summed E-state index contributed by atoms with van der Waals surface area (Å²) in [5.41, 5.74) is 0.0656. The Kier molecular flexibility index (Phi) is 5.58. The molecule has 0 aliphatic carbocycles. The molecule has 140 valence electrons. The molecule has 9 heteroatoms. The van der Waals surface area contributed by atoms with Crippen LogP contribution in [0.3, 0.4) is 0 Å². The summed E-state index contributed by atoms with van der Waals surface area (Å²) in [7, 11) is -4.06. The number of aromatic carboxylic acids is 1. The molecule has 2 rings (SSSR count). The number of carbonyl (C=O) groups excluding carboxylic acids is 1. The predicted octanol–water partition coefficient (Wildman–Crippen LogP) is 1.68. The Morgan fingerprint density at radius 3 is 2.60 bits per heavy atom. The molecule has 0 radical (unpaired) electrons. The van der Waals surface area contributed by atoms with Gasteiger partial charge in [0, 0.05) is 13.1 Å². The fourth-order valence-corrected chi connectivity index (χ4v) is 4.23. The molecule has 1 fully saturated rings. The third-order valence-corrected chi connectivity index (χ3v) is 5.82. The van der Waals surface area contributed by atoms with Gasteiger partial charge in [-0.15, -0.1) is 0 Å². The van der Waals surface area contributed by atoms with Crippen molar-refractivity contribution in [1.82, 2.24) is 9.62 Å². The van der Waals surface area contributed by atoms with Crippen molar-refractivity contribution in [1.29, 1.82) is 0 Å². The van der Waals surface area contributed by atoms with E-state index in [4.69, 9.17) is 9.52 Å².